The third-order valence-electron chi connectivity index (χ3n) is 2.74. The van der Waals surface area contributed by atoms with Gasteiger partial charge >= 0.3 is 0 Å². The van der Waals surface area contributed by atoms with Gasteiger partial charge in [0, 0.05) is 13.1 Å². The first-order chi connectivity index (χ1) is 9.34. The first-order valence-electron chi connectivity index (χ1n) is 5.85. The van der Waals surface area contributed by atoms with Crippen LogP contribution in [0.2, 0.25) is 0 Å². The second kappa shape index (κ2) is 6.40. The van der Waals surface area contributed by atoms with Crippen molar-refractivity contribution >= 4 is 17.7 Å². The molecule has 0 aliphatic carbocycles. The van der Waals surface area contributed by atoms with E-state index in [9.17, 15) is 27.5 Å². The number of aliphatic carboxylic acids is 1. The Morgan fingerprint density at radius 2 is 1.50 bits per heavy atom. The average Bonchev–Trinajstić information content (AvgIpc) is 2.41. The Hall–Kier alpha value is -2.05. The molecule has 0 aliphatic rings. The van der Waals surface area contributed by atoms with Crippen molar-refractivity contribution in [2.24, 2.45) is 0 Å². The fourth-order valence-electron chi connectivity index (χ4n) is 1.75. The molecule has 1 aromatic rings. The van der Waals surface area contributed by atoms with Crippen molar-refractivity contribution < 1.29 is 27.5 Å². The van der Waals surface area contributed by atoms with Crippen molar-refractivity contribution in [3.8, 4) is 0 Å². The molecule has 0 spiro atoms. The molecule has 0 saturated heterocycles. The zero-order valence-electron chi connectivity index (χ0n) is 10.8. The van der Waals surface area contributed by atoms with E-state index in [0.717, 1.165) is 4.90 Å². The van der Waals surface area contributed by atoms with Gasteiger partial charge in [-0.1, -0.05) is 0 Å². The summed E-state index contributed by atoms with van der Waals surface area (Å²) in [5.41, 5.74) is -1.91. The zero-order chi connectivity index (χ0) is 15.4. The van der Waals surface area contributed by atoms with Gasteiger partial charge in [0.15, 0.2) is 23.3 Å². The van der Waals surface area contributed by atoms with Gasteiger partial charge in [-0.25, -0.2) is 17.6 Å². The number of carboxylic acids is 1. The maximum atomic E-state index is 13.8. The summed E-state index contributed by atoms with van der Waals surface area (Å²) in [6.07, 6.45) is 0.704. The van der Waals surface area contributed by atoms with Gasteiger partial charge < -0.3 is 14.8 Å². The Labute approximate surface area is 113 Å². The van der Waals surface area contributed by atoms with Crippen LogP contribution in [0.1, 0.15) is 19.4 Å². The largest absolute Gasteiger partial charge is 0.545 e. The number of nitrogens with zero attached hydrogens (tertiary/aromatic N) is 1. The Morgan fingerprint density at radius 1 is 1.05 bits per heavy atom. The first kappa shape index (κ1) is 16.0. The summed E-state index contributed by atoms with van der Waals surface area (Å²) in [6, 6.07) is 0. The summed E-state index contributed by atoms with van der Waals surface area (Å²) >= 11 is 0. The monoisotopic (exact) mass is 290 g/mol. The predicted molar refractivity (Wildman–Crippen MR) is 63.9 cm³/mol. The molecule has 0 aromatic heterocycles. The quantitative estimate of drug-likeness (QED) is 0.472. The molecule has 7 heteroatoms. The first-order valence-corrected chi connectivity index (χ1v) is 5.85. The van der Waals surface area contributed by atoms with Crippen LogP contribution >= 0.6 is 0 Å². The second-order valence-corrected chi connectivity index (χ2v) is 3.84. The van der Waals surface area contributed by atoms with Crippen LogP contribution in [0.25, 0.3) is 6.08 Å². The van der Waals surface area contributed by atoms with E-state index in [1.165, 1.54) is 0 Å². The molecular formula is C13H12F4NO2-. The summed E-state index contributed by atoms with van der Waals surface area (Å²) in [5, 5.41) is 10.2. The van der Waals surface area contributed by atoms with Gasteiger partial charge in [0.2, 0.25) is 0 Å². The van der Waals surface area contributed by atoms with Crippen molar-refractivity contribution in [1.82, 2.24) is 0 Å². The van der Waals surface area contributed by atoms with Crippen molar-refractivity contribution in [3.05, 3.63) is 34.9 Å². The van der Waals surface area contributed by atoms with Gasteiger partial charge in [0.1, 0.15) is 5.69 Å². The van der Waals surface area contributed by atoms with Crippen molar-refractivity contribution in [1.29, 1.82) is 0 Å². The van der Waals surface area contributed by atoms with E-state index in [4.69, 9.17) is 0 Å². The maximum Gasteiger partial charge on any atom is 0.185 e. The number of carbonyl (C=O) groups is 1. The molecular weight excluding hydrogens is 278 g/mol. The molecule has 0 radical (unpaired) electrons. The number of anilines is 1. The highest BCUT2D eigenvalue weighted by molar-refractivity contribution is 5.83. The van der Waals surface area contributed by atoms with Crippen LogP contribution in [0.4, 0.5) is 23.2 Å². The SMILES string of the molecule is CCN(CC)c1c(F)c(F)c(/C=C/C(=O)[O-])c(F)c1F. The fraction of sp³-hybridized carbons (Fsp3) is 0.308. The summed E-state index contributed by atoms with van der Waals surface area (Å²) in [4.78, 5) is 11.3. The Balaban J connectivity index is 3.52. The van der Waals surface area contributed by atoms with Crippen LogP contribution in [0.3, 0.4) is 0 Å². The lowest BCUT2D eigenvalue weighted by Gasteiger charge is -2.23. The van der Waals surface area contributed by atoms with Gasteiger partial charge in [-0.2, -0.15) is 0 Å². The third-order valence-corrected chi connectivity index (χ3v) is 2.74. The van der Waals surface area contributed by atoms with Crippen molar-refractivity contribution in [2.45, 2.75) is 13.8 Å². The minimum absolute atomic E-state index is 0.150. The van der Waals surface area contributed by atoms with E-state index in [0.29, 0.717) is 6.08 Å². The number of hydrogen-bond donors (Lipinski definition) is 0. The highest BCUT2D eigenvalue weighted by Gasteiger charge is 2.26. The summed E-state index contributed by atoms with van der Waals surface area (Å²) < 4.78 is 55.1. The molecule has 0 atom stereocenters. The van der Waals surface area contributed by atoms with E-state index < -0.39 is 40.5 Å². The molecule has 0 amide bonds. The number of rotatable bonds is 5. The van der Waals surface area contributed by atoms with E-state index in [1.807, 2.05) is 0 Å². The van der Waals surface area contributed by atoms with E-state index >= 15 is 0 Å². The number of halogens is 4. The molecule has 0 bridgehead atoms. The third kappa shape index (κ3) is 2.92. The van der Waals surface area contributed by atoms with Crippen LogP contribution in [-0.4, -0.2) is 19.1 Å². The molecule has 0 saturated carbocycles. The molecule has 0 fully saturated rings. The minimum atomic E-state index is -1.74. The molecule has 0 aliphatic heterocycles. The van der Waals surface area contributed by atoms with Gasteiger partial charge in [0.25, 0.3) is 0 Å². The van der Waals surface area contributed by atoms with Crippen LogP contribution in [0, 0.1) is 23.3 Å². The molecule has 1 rings (SSSR count). The number of carbonyl (C=O) groups excluding carboxylic acids is 1. The Bertz CT molecular complexity index is 525. The van der Waals surface area contributed by atoms with Gasteiger partial charge in [-0.3, -0.25) is 0 Å². The minimum Gasteiger partial charge on any atom is -0.545 e. The highest BCUT2D eigenvalue weighted by atomic mass is 19.2. The van der Waals surface area contributed by atoms with Crippen LogP contribution in [0.15, 0.2) is 6.08 Å². The summed E-state index contributed by atoms with van der Waals surface area (Å²) in [5.74, 6) is -8.17. The van der Waals surface area contributed by atoms with E-state index in [1.54, 1.807) is 13.8 Å². The molecule has 0 unspecified atom stereocenters. The van der Waals surface area contributed by atoms with Gasteiger partial charge in [0.05, 0.1) is 11.5 Å². The fourth-order valence-corrected chi connectivity index (χ4v) is 1.75. The van der Waals surface area contributed by atoms with Crippen molar-refractivity contribution in [2.75, 3.05) is 18.0 Å². The zero-order valence-corrected chi connectivity index (χ0v) is 10.8. The number of carboxylic acid groups (broad SMARTS) is 1. The normalized spacial score (nSPS) is 11.1. The smallest absolute Gasteiger partial charge is 0.185 e. The van der Waals surface area contributed by atoms with Crippen LogP contribution < -0.4 is 10.0 Å². The molecule has 0 heterocycles. The standard InChI is InChI=1S/C13H13F4NO2/c1-3-18(4-2)13-11(16)9(14)7(5-6-8(19)20)10(15)12(13)17/h5-6H,3-4H2,1-2H3,(H,19,20)/p-1/b6-5+. The number of benzene rings is 1. The van der Waals surface area contributed by atoms with Crippen LogP contribution in [0.5, 0.6) is 0 Å². The van der Waals surface area contributed by atoms with Gasteiger partial charge in [-0.05, 0) is 26.0 Å². The molecule has 110 valence electrons. The lowest BCUT2D eigenvalue weighted by molar-refractivity contribution is -0.297. The number of hydrogen-bond acceptors (Lipinski definition) is 3. The van der Waals surface area contributed by atoms with E-state index in [-0.39, 0.29) is 19.2 Å². The Kier molecular flexibility index (Phi) is 5.12. The summed E-state index contributed by atoms with van der Waals surface area (Å²) in [7, 11) is 0. The maximum absolute atomic E-state index is 13.8. The molecule has 20 heavy (non-hydrogen) atoms. The van der Waals surface area contributed by atoms with Crippen LogP contribution in [-0.2, 0) is 4.79 Å². The lowest BCUT2D eigenvalue weighted by atomic mass is 10.1. The highest BCUT2D eigenvalue weighted by Crippen LogP contribution is 2.31. The topological polar surface area (TPSA) is 43.4 Å². The van der Waals surface area contributed by atoms with Gasteiger partial charge in [-0.15, -0.1) is 0 Å². The van der Waals surface area contributed by atoms with Crippen molar-refractivity contribution in [3.63, 3.8) is 0 Å². The predicted octanol–water partition coefficient (Wildman–Crippen LogP) is 1.85. The molecule has 1 aromatic carbocycles. The average molecular weight is 290 g/mol. The van der Waals surface area contributed by atoms with E-state index in [2.05, 4.69) is 0 Å². The molecule has 3 nitrogen and oxygen atoms in total. The molecule has 0 N–H and O–H groups in total. The lowest BCUT2D eigenvalue weighted by Crippen LogP contribution is -2.25. The Morgan fingerprint density at radius 3 is 1.85 bits per heavy atom. The summed E-state index contributed by atoms with van der Waals surface area (Å²) in [6.45, 7) is 3.44. The second-order valence-electron chi connectivity index (χ2n) is 3.84.